The fraction of sp³-hybridized carbons (Fsp3) is 0.562. The summed E-state index contributed by atoms with van der Waals surface area (Å²) < 4.78 is 2.58. The number of benzene rings is 1. The molecule has 0 saturated carbocycles. The molecule has 1 N–H and O–H groups in total. The van der Waals surface area contributed by atoms with Gasteiger partial charge in [-0.1, -0.05) is 11.6 Å². The van der Waals surface area contributed by atoms with Crippen LogP contribution in [0.3, 0.4) is 0 Å². The Morgan fingerprint density at radius 2 is 2.09 bits per heavy atom. The van der Waals surface area contributed by atoms with E-state index >= 15 is 0 Å². The van der Waals surface area contributed by atoms with Gasteiger partial charge in [0.1, 0.15) is 0 Å². The third-order valence-electron chi connectivity index (χ3n) is 4.68. The summed E-state index contributed by atoms with van der Waals surface area (Å²) in [6.45, 7) is 4.52. The number of piperidine rings is 1. The van der Waals surface area contributed by atoms with Crippen LogP contribution in [-0.4, -0.2) is 71.8 Å². The molecule has 1 amide bonds. The average Bonchev–Trinajstić information content (AvgIpc) is 2.88. The predicted octanol–water partition coefficient (Wildman–Crippen LogP) is 2.15. The zero-order valence-electron chi connectivity index (χ0n) is 12.7. The van der Waals surface area contributed by atoms with E-state index in [2.05, 4.69) is 12.9 Å². The molecule has 2 atom stereocenters. The van der Waals surface area contributed by atoms with Crippen LogP contribution in [0.1, 0.15) is 19.3 Å². The van der Waals surface area contributed by atoms with Crippen LogP contribution in [0.4, 0.5) is 5.69 Å². The molecule has 22 heavy (non-hydrogen) atoms. The molecule has 2 aliphatic rings. The standard InChI is InChI=1S/C16H21ClN3O.Tl/c17-13-3-5-14(6-4-13)19-16(21)7-9-20-8-1-2-12-10-18-11-15(12)20;/h3-6,12,15H,1-2,7-11H2,(H,19,21);/q-1;+1/t12-,15+;/m1./s1. The van der Waals surface area contributed by atoms with E-state index in [4.69, 9.17) is 11.6 Å². The summed E-state index contributed by atoms with van der Waals surface area (Å²) in [5, 5.41) is 3.64. The molecule has 4 nitrogen and oxygen atoms in total. The summed E-state index contributed by atoms with van der Waals surface area (Å²) in [6, 6.07) is 7.96. The Morgan fingerprint density at radius 3 is 2.86 bits per heavy atom. The van der Waals surface area contributed by atoms with Crippen molar-refractivity contribution in [1.29, 1.82) is 0 Å². The molecule has 3 rings (SSSR count). The molecule has 2 fully saturated rings. The van der Waals surface area contributed by atoms with Crippen molar-refractivity contribution in [3.05, 3.63) is 29.3 Å². The summed E-state index contributed by atoms with van der Waals surface area (Å²) in [4.78, 5) is 14.7. The van der Waals surface area contributed by atoms with Crippen LogP contribution in [0.25, 0.3) is 0 Å². The molecule has 1 aromatic rings. The van der Waals surface area contributed by atoms with Gasteiger partial charge in [-0.05, 0) is 0 Å². The van der Waals surface area contributed by atoms with Crippen LogP contribution in [0.5, 0.6) is 0 Å². The minimum atomic E-state index is 0.0899. The Labute approximate surface area is 153 Å². The Hall–Kier alpha value is -0.178. The first-order valence-corrected chi connectivity index (χ1v) is 10.3. The molecule has 0 aliphatic carbocycles. The first kappa shape index (κ1) is 16.7. The Balaban J connectivity index is 1.49. The third-order valence-corrected chi connectivity index (χ3v) is 6.57. The van der Waals surface area contributed by atoms with Crippen molar-refractivity contribution in [3.63, 3.8) is 0 Å². The normalized spacial score (nSPS) is 25.8. The van der Waals surface area contributed by atoms with Crippen LogP contribution in [0.15, 0.2) is 24.3 Å². The number of anilines is 1. The molecule has 0 unspecified atom stereocenters. The molecule has 1 aromatic carbocycles. The molecule has 2 heterocycles. The van der Waals surface area contributed by atoms with Crippen molar-refractivity contribution in [3.8, 4) is 0 Å². The van der Waals surface area contributed by atoms with E-state index in [1.807, 2.05) is 12.1 Å². The van der Waals surface area contributed by atoms with Gasteiger partial charge < -0.3 is 0 Å². The van der Waals surface area contributed by atoms with Gasteiger partial charge in [0.15, 0.2) is 0 Å². The number of carbonyl (C=O) groups is 1. The molecule has 0 aromatic heterocycles. The van der Waals surface area contributed by atoms with Crippen molar-refractivity contribution in [1.82, 2.24) is 7.61 Å². The van der Waals surface area contributed by atoms with Crippen molar-refractivity contribution in [2.45, 2.75) is 25.3 Å². The number of amides is 1. The van der Waals surface area contributed by atoms with Gasteiger partial charge in [-0.25, -0.2) is 0 Å². The molecule has 0 spiro atoms. The van der Waals surface area contributed by atoms with Crippen molar-refractivity contribution < 1.29 is 4.79 Å². The van der Waals surface area contributed by atoms with Crippen LogP contribution in [0.2, 0.25) is 5.02 Å². The zero-order valence-corrected chi connectivity index (χ0v) is 17.9. The number of likely N-dealkylation sites (tertiary alicyclic amines) is 1. The molecule has 116 valence electrons. The van der Waals surface area contributed by atoms with Crippen LogP contribution >= 0.6 is 11.6 Å². The fourth-order valence-corrected chi connectivity index (χ4v) is 5.60. The van der Waals surface area contributed by atoms with E-state index in [1.54, 1.807) is 12.1 Å². The molecular weight excluding hydrogens is 490 g/mol. The van der Waals surface area contributed by atoms with E-state index in [-0.39, 0.29) is 5.91 Å². The third kappa shape index (κ3) is 4.21. The first-order valence-electron chi connectivity index (χ1n) is 7.91. The van der Waals surface area contributed by atoms with Crippen LogP contribution in [-0.2, 0) is 4.79 Å². The number of nitrogens with zero attached hydrogens (tertiary/aromatic N) is 2. The van der Waals surface area contributed by atoms with Crippen LogP contribution < -0.4 is 5.32 Å². The second kappa shape index (κ2) is 7.59. The van der Waals surface area contributed by atoms with Gasteiger partial charge in [0.25, 0.3) is 0 Å². The first-order chi connectivity index (χ1) is 10.6. The number of fused-ring (bicyclic) bond motifs is 1. The van der Waals surface area contributed by atoms with E-state index in [9.17, 15) is 4.79 Å². The Bertz CT molecular complexity index is 525. The summed E-state index contributed by atoms with van der Waals surface area (Å²) in [7, 11) is 0. The van der Waals surface area contributed by atoms with E-state index in [1.165, 1.54) is 25.9 Å². The van der Waals surface area contributed by atoms with Gasteiger partial charge in [0.05, 0.1) is 0 Å². The van der Waals surface area contributed by atoms with E-state index in [0.29, 0.717) is 17.5 Å². The predicted molar refractivity (Wildman–Crippen MR) is 90.1 cm³/mol. The van der Waals surface area contributed by atoms with Gasteiger partial charge in [-0.3, -0.25) is 0 Å². The van der Waals surface area contributed by atoms with Gasteiger partial charge in [-0.2, -0.15) is 0 Å². The van der Waals surface area contributed by atoms with Crippen molar-refractivity contribution in [2.24, 2.45) is 5.92 Å². The molecule has 2 aliphatic heterocycles. The number of rotatable bonds is 4. The number of carbonyl (C=O) groups excluding carboxylic acids is 1. The molecule has 0 radical (unpaired) electrons. The van der Waals surface area contributed by atoms with Crippen LogP contribution in [0, 0.1) is 5.92 Å². The number of nitrogens with one attached hydrogen (secondary N) is 1. The molecular formula is C16H21ClN3OTl. The number of hydrogen-bond donors (Lipinski definition) is 1. The van der Waals surface area contributed by atoms with Gasteiger partial charge in [-0.15, -0.1) is 0 Å². The Kier molecular flexibility index (Phi) is 5.76. The quantitative estimate of drug-likeness (QED) is 0.630. The second-order valence-electron chi connectivity index (χ2n) is 6.26. The van der Waals surface area contributed by atoms with Gasteiger partial charge >= 0.3 is 142 Å². The van der Waals surface area contributed by atoms with Crippen molar-refractivity contribution >= 4 is 49.3 Å². The number of hydrogen-bond acceptors (Lipinski definition) is 3. The topological polar surface area (TPSA) is 35.6 Å². The maximum absolute atomic E-state index is 12.1. The van der Waals surface area contributed by atoms with Gasteiger partial charge in [0, 0.05) is 0 Å². The zero-order chi connectivity index (χ0) is 15.5. The average molecular weight is 511 g/mol. The van der Waals surface area contributed by atoms with E-state index < -0.39 is 0 Å². The molecule has 2 saturated heterocycles. The Morgan fingerprint density at radius 1 is 1.32 bits per heavy atom. The summed E-state index contributed by atoms with van der Waals surface area (Å²) in [5.74, 6) is 0.921. The number of halogens is 1. The monoisotopic (exact) mass is 511 g/mol. The van der Waals surface area contributed by atoms with Crippen molar-refractivity contribution in [2.75, 3.05) is 31.5 Å². The fourth-order valence-electron chi connectivity index (χ4n) is 3.59. The summed E-state index contributed by atoms with van der Waals surface area (Å²) in [6.07, 6.45) is 3.20. The molecule has 0 bridgehead atoms. The second-order valence-corrected chi connectivity index (χ2v) is 9.54. The maximum atomic E-state index is 12.1. The summed E-state index contributed by atoms with van der Waals surface area (Å²) in [5.41, 5.74) is 0.818. The SMILES string of the molecule is O=C(CCN1CCC[C@@H]2C[N]([Tl])C[C@@H]21)Nc1ccc(Cl)cc1. The molecule has 6 heteroatoms. The van der Waals surface area contributed by atoms with E-state index in [0.717, 1.165) is 50.8 Å². The minimum absolute atomic E-state index is 0.0899. The summed E-state index contributed by atoms with van der Waals surface area (Å²) >= 11 is 6.80. The van der Waals surface area contributed by atoms with Gasteiger partial charge in [0.2, 0.25) is 0 Å².